The Labute approximate surface area is 104 Å². The molecule has 0 spiro atoms. The van der Waals surface area contributed by atoms with Crippen molar-refractivity contribution in [1.29, 1.82) is 0 Å². The van der Waals surface area contributed by atoms with Crippen LogP contribution in [0.2, 0.25) is 0 Å². The smallest absolute Gasteiger partial charge is 0.358 e. The molecule has 0 fully saturated rings. The Balaban J connectivity index is 2.16. The highest BCUT2D eigenvalue weighted by Crippen LogP contribution is 2.11. The highest BCUT2D eigenvalue weighted by molar-refractivity contribution is 5.90. The minimum absolute atomic E-state index is 0.0842. The molecular formula is C12H12N4O2. The molecule has 0 aromatic carbocycles. The molecule has 18 heavy (non-hydrogen) atoms. The summed E-state index contributed by atoms with van der Waals surface area (Å²) in [4.78, 5) is 22.7. The van der Waals surface area contributed by atoms with Crippen molar-refractivity contribution in [2.75, 3.05) is 5.32 Å². The molecule has 6 heteroatoms. The first-order valence-corrected chi connectivity index (χ1v) is 5.36. The van der Waals surface area contributed by atoms with Crippen LogP contribution in [0.3, 0.4) is 0 Å². The van der Waals surface area contributed by atoms with Crippen molar-refractivity contribution in [2.24, 2.45) is 0 Å². The standard InChI is InChI=1S/C12H12N4O2/c1-8-2-3-13-6-9(8)7-16-11-10(12(17)18)14-4-5-15-11/h2-6H,7H2,1H3,(H,15,16)(H,17,18). The minimum Gasteiger partial charge on any atom is -0.476 e. The fourth-order valence-electron chi connectivity index (χ4n) is 1.48. The van der Waals surface area contributed by atoms with Gasteiger partial charge in [0.05, 0.1) is 0 Å². The Morgan fingerprint density at radius 3 is 2.83 bits per heavy atom. The second-order valence-electron chi connectivity index (χ2n) is 3.71. The largest absolute Gasteiger partial charge is 0.476 e. The predicted molar refractivity (Wildman–Crippen MR) is 65.3 cm³/mol. The summed E-state index contributed by atoms with van der Waals surface area (Å²) in [5.74, 6) is -0.846. The van der Waals surface area contributed by atoms with Gasteiger partial charge in [0.15, 0.2) is 11.5 Å². The van der Waals surface area contributed by atoms with E-state index >= 15 is 0 Å². The third kappa shape index (κ3) is 2.60. The van der Waals surface area contributed by atoms with E-state index in [0.29, 0.717) is 6.54 Å². The fraction of sp³-hybridized carbons (Fsp3) is 0.167. The van der Waals surface area contributed by atoms with Crippen molar-refractivity contribution in [1.82, 2.24) is 15.0 Å². The molecule has 0 amide bonds. The van der Waals surface area contributed by atoms with Gasteiger partial charge in [0, 0.05) is 31.3 Å². The Morgan fingerprint density at radius 1 is 1.33 bits per heavy atom. The number of aromatic carboxylic acids is 1. The first kappa shape index (κ1) is 12.0. The van der Waals surface area contributed by atoms with Gasteiger partial charge in [0.1, 0.15) is 0 Å². The molecule has 0 radical (unpaired) electrons. The minimum atomic E-state index is -1.10. The molecule has 6 nitrogen and oxygen atoms in total. The Hall–Kier alpha value is -2.50. The van der Waals surface area contributed by atoms with Crippen LogP contribution in [0.5, 0.6) is 0 Å². The number of nitrogens with one attached hydrogen (secondary N) is 1. The lowest BCUT2D eigenvalue weighted by Crippen LogP contribution is -2.10. The molecule has 0 saturated heterocycles. The summed E-state index contributed by atoms with van der Waals surface area (Å²) in [7, 11) is 0. The van der Waals surface area contributed by atoms with Gasteiger partial charge in [-0.25, -0.2) is 14.8 Å². The zero-order valence-electron chi connectivity index (χ0n) is 9.79. The monoisotopic (exact) mass is 244 g/mol. The molecule has 0 atom stereocenters. The Morgan fingerprint density at radius 2 is 2.11 bits per heavy atom. The van der Waals surface area contributed by atoms with Gasteiger partial charge in [-0.1, -0.05) is 0 Å². The topological polar surface area (TPSA) is 88.0 Å². The van der Waals surface area contributed by atoms with Crippen molar-refractivity contribution in [3.05, 3.63) is 47.7 Å². The maximum absolute atomic E-state index is 10.9. The number of nitrogens with zero attached hydrogens (tertiary/aromatic N) is 3. The number of carboxylic acids is 1. The fourth-order valence-corrected chi connectivity index (χ4v) is 1.48. The van der Waals surface area contributed by atoms with E-state index in [-0.39, 0.29) is 11.5 Å². The van der Waals surface area contributed by atoms with Crippen molar-refractivity contribution in [3.8, 4) is 0 Å². The molecule has 0 aliphatic carbocycles. The van der Waals surface area contributed by atoms with Gasteiger partial charge in [-0.3, -0.25) is 4.98 Å². The lowest BCUT2D eigenvalue weighted by molar-refractivity contribution is 0.0691. The van der Waals surface area contributed by atoms with E-state index < -0.39 is 5.97 Å². The number of pyridine rings is 1. The number of hydrogen-bond donors (Lipinski definition) is 2. The average Bonchev–Trinajstić information content (AvgIpc) is 2.38. The number of carbonyl (C=O) groups is 1. The number of hydrogen-bond acceptors (Lipinski definition) is 5. The summed E-state index contributed by atoms with van der Waals surface area (Å²) in [6.45, 7) is 2.42. The molecule has 0 bridgehead atoms. The maximum Gasteiger partial charge on any atom is 0.358 e. The molecule has 0 aliphatic heterocycles. The quantitative estimate of drug-likeness (QED) is 0.847. The lowest BCUT2D eigenvalue weighted by Gasteiger charge is -2.08. The van der Waals surface area contributed by atoms with E-state index in [2.05, 4.69) is 20.3 Å². The molecule has 2 heterocycles. The second kappa shape index (κ2) is 5.22. The zero-order valence-corrected chi connectivity index (χ0v) is 9.79. The molecule has 2 N–H and O–H groups in total. The molecule has 0 saturated carbocycles. The SMILES string of the molecule is Cc1ccncc1CNc1nccnc1C(=O)O. The van der Waals surface area contributed by atoms with Crippen molar-refractivity contribution < 1.29 is 9.90 Å². The van der Waals surface area contributed by atoms with E-state index in [1.165, 1.54) is 12.4 Å². The molecule has 92 valence electrons. The summed E-state index contributed by atoms with van der Waals surface area (Å²) in [6.07, 6.45) is 6.25. The highest BCUT2D eigenvalue weighted by Gasteiger charge is 2.12. The van der Waals surface area contributed by atoms with Gasteiger partial charge in [-0.05, 0) is 24.1 Å². The number of carboxylic acid groups (broad SMARTS) is 1. The Bertz CT molecular complexity index is 572. The number of rotatable bonds is 4. The third-order valence-corrected chi connectivity index (χ3v) is 2.49. The normalized spacial score (nSPS) is 10.1. The summed E-state index contributed by atoms with van der Waals surface area (Å²) in [6, 6.07) is 1.89. The van der Waals surface area contributed by atoms with Crippen LogP contribution in [0.1, 0.15) is 21.6 Å². The maximum atomic E-state index is 10.9. The van der Waals surface area contributed by atoms with Gasteiger partial charge in [-0.15, -0.1) is 0 Å². The molecule has 0 unspecified atom stereocenters. The van der Waals surface area contributed by atoms with Crippen molar-refractivity contribution >= 4 is 11.8 Å². The molecule has 2 rings (SSSR count). The van der Waals surface area contributed by atoms with Crippen molar-refractivity contribution in [2.45, 2.75) is 13.5 Å². The number of aryl methyl sites for hydroxylation is 1. The van der Waals surface area contributed by atoms with E-state index in [9.17, 15) is 4.79 Å². The summed E-state index contributed by atoms with van der Waals surface area (Å²) in [5, 5.41) is 11.9. The second-order valence-corrected chi connectivity index (χ2v) is 3.71. The van der Waals surface area contributed by atoms with Crippen LogP contribution in [0.4, 0.5) is 5.82 Å². The van der Waals surface area contributed by atoms with E-state index in [4.69, 9.17) is 5.11 Å². The van der Waals surface area contributed by atoms with Gasteiger partial charge in [-0.2, -0.15) is 0 Å². The Kier molecular flexibility index (Phi) is 3.47. The molecule has 2 aromatic rings. The van der Waals surface area contributed by atoms with Gasteiger partial charge in [0.25, 0.3) is 0 Å². The number of aromatic nitrogens is 3. The van der Waals surface area contributed by atoms with Gasteiger partial charge in [0.2, 0.25) is 0 Å². The van der Waals surface area contributed by atoms with E-state index in [1.54, 1.807) is 12.4 Å². The molecule has 2 aromatic heterocycles. The predicted octanol–water partition coefficient (Wildman–Crippen LogP) is 1.49. The van der Waals surface area contributed by atoms with Crippen LogP contribution in [-0.2, 0) is 6.54 Å². The van der Waals surface area contributed by atoms with E-state index in [0.717, 1.165) is 11.1 Å². The number of anilines is 1. The average molecular weight is 244 g/mol. The van der Waals surface area contributed by atoms with Crippen LogP contribution >= 0.6 is 0 Å². The summed E-state index contributed by atoms with van der Waals surface area (Å²) >= 11 is 0. The van der Waals surface area contributed by atoms with E-state index in [1.807, 2.05) is 13.0 Å². The first-order valence-electron chi connectivity index (χ1n) is 5.36. The van der Waals surface area contributed by atoms with Gasteiger partial charge < -0.3 is 10.4 Å². The zero-order chi connectivity index (χ0) is 13.0. The van der Waals surface area contributed by atoms with Crippen LogP contribution in [0.25, 0.3) is 0 Å². The molecule has 0 aliphatic rings. The highest BCUT2D eigenvalue weighted by atomic mass is 16.4. The van der Waals surface area contributed by atoms with Crippen LogP contribution in [0, 0.1) is 6.92 Å². The summed E-state index contributed by atoms with van der Waals surface area (Å²) < 4.78 is 0. The summed E-state index contributed by atoms with van der Waals surface area (Å²) in [5.41, 5.74) is 1.98. The lowest BCUT2D eigenvalue weighted by atomic mass is 10.1. The third-order valence-electron chi connectivity index (χ3n) is 2.49. The van der Waals surface area contributed by atoms with Gasteiger partial charge >= 0.3 is 5.97 Å². The van der Waals surface area contributed by atoms with Crippen LogP contribution < -0.4 is 5.32 Å². The van der Waals surface area contributed by atoms with Crippen molar-refractivity contribution in [3.63, 3.8) is 0 Å². The first-order chi connectivity index (χ1) is 8.68. The van der Waals surface area contributed by atoms with Crippen LogP contribution in [0.15, 0.2) is 30.9 Å². The van der Waals surface area contributed by atoms with Crippen LogP contribution in [-0.4, -0.2) is 26.0 Å². The molecular weight excluding hydrogens is 232 g/mol.